The Morgan fingerprint density at radius 1 is 0.839 bits per heavy atom. The van der Waals surface area contributed by atoms with E-state index >= 15 is 0 Å². The average molecular weight is 524 g/mol. The van der Waals surface area contributed by atoms with Crippen molar-refractivity contribution in [3.8, 4) is 0 Å². The zero-order valence-corrected chi connectivity index (χ0v) is 17.1. The monoisotopic (exact) mass is 524 g/mol. The normalized spacial score (nSPS) is 14.4. The highest BCUT2D eigenvalue weighted by molar-refractivity contribution is 8.13. The lowest BCUT2D eigenvalue weighted by Crippen LogP contribution is -2.48. The van der Waals surface area contributed by atoms with Gasteiger partial charge in [-0.1, -0.05) is 6.58 Å². The lowest BCUT2D eigenvalue weighted by atomic mass is 10.6. The van der Waals surface area contributed by atoms with Gasteiger partial charge in [-0.25, -0.2) is 21.6 Å². The fraction of sp³-hybridized carbons (Fsp3) is 0.727. The van der Waals surface area contributed by atoms with E-state index in [1.54, 1.807) is 0 Å². The minimum absolute atomic E-state index is 0.368. The summed E-state index contributed by atoms with van der Waals surface area (Å²) < 4.78 is 166. The molecule has 0 saturated heterocycles. The van der Waals surface area contributed by atoms with Gasteiger partial charge in [-0.15, -0.1) is 0 Å². The summed E-state index contributed by atoms with van der Waals surface area (Å²) >= 11 is 0. The van der Waals surface area contributed by atoms with Gasteiger partial charge in [0.15, 0.2) is 20.0 Å². The van der Waals surface area contributed by atoms with Crippen molar-refractivity contribution < 1.29 is 74.8 Å². The molecule has 186 valence electrons. The van der Waals surface area contributed by atoms with E-state index in [0.717, 1.165) is 6.08 Å². The van der Waals surface area contributed by atoms with E-state index in [9.17, 15) is 65.5 Å². The summed E-state index contributed by atoms with van der Waals surface area (Å²) in [5, 5.41) is -14.0. The SMILES string of the molecule is C=CC(=O)OC[N+](C)(C)C.O=S(=O)([N-]S(=O)(=O)C(F)(F)C(F)(F)F)C(F)(F)C(F)(F)F. The topological polar surface area (TPSA) is 109 Å². The zero-order valence-electron chi connectivity index (χ0n) is 15.4. The fourth-order valence-corrected chi connectivity index (χ4v) is 3.20. The first-order chi connectivity index (χ1) is 13.2. The molecule has 0 aliphatic carbocycles. The third kappa shape index (κ3) is 8.41. The second kappa shape index (κ2) is 9.45. The maximum absolute atomic E-state index is 12.3. The van der Waals surface area contributed by atoms with E-state index in [1.807, 2.05) is 21.1 Å². The number of carbonyl (C=O) groups excluding carboxylic acids is 1. The van der Waals surface area contributed by atoms with Crippen molar-refractivity contribution in [2.24, 2.45) is 0 Å². The minimum Gasteiger partial charge on any atom is -0.425 e. The summed E-state index contributed by atoms with van der Waals surface area (Å²) in [5.74, 6) is -0.368. The molecule has 0 spiro atoms. The standard InChI is InChI=1S/C7H14NO2.C4F10NO4S2/c1-5-7(9)10-6-8(2,3)4;5-1(6,7)3(11,12)20(16,17)15-21(18,19)4(13,14)2(8,9)10/h5H,1,6H2,2-4H3;/q+1;-1. The quantitative estimate of drug-likeness (QED) is 0.167. The molecule has 8 nitrogen and oxygen atoms in total. The van der Waals surface area contributed by atoms with Crippen LogP contribution in [0.25, 0.3) is 4.13 Å². The Kier molecular flexibility index (Phi) is 9.60. The van der Waals surface area contributed by atoms with Crippen molar-refractivity contribution in [1.82, 2.24) is 0 Å². The first kappa shape index (κ1) is 31.5. The number of rotatable bonds is 7. The molecule has 0 saturated carbocycles. The molecule has 0 radical (unpaired) electrons. The summed E-state index contributed by atoms with van der Waals surface area (Å²) in [6.45, 7) is 3.66. The van der Waals surface area contributed by atoms with E-state index < -0.39 is 42.9 Å². The lowest BCUT2D eigenvalue weighted by Gasteiger charge is -2.31. The Morgan fingerprint density at radius 3 is 1.32 bits per heavy atom. The van der Waals surface area contributed by atoms with Crippen LogP contribution in [-0.4, -0.2) is 78.0 Å². The van der Waals surface area contributed by atoms with Gasteiger partial charge in [0.2, 0.25) is 6.73 Å². The van der Waals surface area contributed by atoms with Crippen molar-refractivity contribution in [2.45, 2.75) is 22.9 Å². The van der Waals surface area contributed by atoms with Gasteiger partial charge in [-0.05, 0) is 0 Å². The summed E-state index contributed by atoms with van der Waals surface area (Å²) in [6, 6.07) is 0. The van der Waals surface area contributed by atoms with Crippen LogP contribution in [0.4, 0.5) is 43.9 Å². The molecule has 0 atom stereocenters. The number of quaternary nitrogens is 1. The Labute approximate surface area is 169 Å². The van der Waals surface area contributed by atoms with Crippen LogP contribution in [0.3, 0.4) is 0 Å². The number of esters is 1. The maximum Gasteiger partial charge on any atom is 0.467 e. The number of halogens is 10. The second-order valence-electron chi connectivity index (χ2n) is 6.14. The van der Waals surface area contributed by atoms with Crippen molar-refractivity contribution in [3.63, 3.8) is 0 Å². The van der Waals surface area contributed by atoms with Gasteiger partial charge in [0.1, 0.15) is 0 Å². The second-order valence-corrected chi connectivity index (χ2v) is 9.66. The van der Waals surface area contributed by atoms with Crippen molar-refractivity contribution in [3.05, 3.63) is 16.8 Å². The van der Waals surface area contributed by atoms with E-state index in [4.69, 9.17) is 4.74 Å². The first-order valence-electron chi connectivity index (χ1n) is 6.88. The molecule has 0 rings (SSSR count). The average Bonchev–Trinajstić information content (AvgIpc) is 2.48. The van der Waals surface area contributed by atoms with Crippen LogP contribution in [0.15, 0.2) is 12.7 Å². The Morgan fingerprint density at radius 2 is 1.13 bits per heavy atom. The van der Waals surface area contributed by atoms with Gasteiger partial charge in [-0.2, -0.15) is 43.9 Å². The first-order valence-corrected chi connectivity index (χ1v) is 9.76. The lowest BCUT2D eigenvalue weighted by molar-refractivity contribution is -0.888. The van der Waals surface area contributed by atoms with Crippen molar-refractivity contribution in [2.75, 3.05) is 27.9 Å². The summed E-state index contributed by atoms with van der Waals surface area (Å²) in [6.07, 6.45) is -12.8. The van der Waals surface area contributed by atoms with Gasteiger partial charge in [0.25, 0.3) is 0 Å². The highest BCUT2D eigenvalue weighted by Gasteiger charge is 2.68. The van der Waals surface area contributed by atoms with Gasteiger partial charge in [-0.3, -0.25) is 4.48 Å². The van der Waals surface area contributed by atoms with Crippen LogP contribution < -0.4 is 0 Å². The Bertz CT molecular complexity index is 803. The summed E-state index contributed by atoms with van der Waals surface area (Å²) in [7, 11) is -9.42. The molecule has 0 fully saturated rings. The Hall–Kier alpha value is -1.67. The van der Waals surface area contributed by atoms with E-state index in [1.165, 1.54) is 0 Å². The summed E-state index contributed by atoms with van der Waals surface area (Å²) in [4.78, 5) is 10.5. The van der Waals surface area contributed by atoms with Gasteiger partial charge >= 0.3 is 28.8 Å². The third-order valence-corrected chi connectivity index (χ3v) is 5.59. The number of hydrogen-bond acceptors (Lipinski definition) is 6. The van der Waals surface area contributed by atoms with Crippen LogP contribution in [-0.2, 0) is 29.6 Å². The molecule has 0 bridgehead atoms. The number of alkyl halides is 10. The molecule has 0 N–H and O–H groups in total. The molecule has 0 aromatic rings. The van der Waals surface area contributed by atoms with E-state index in [-0.39, 0.29) is 5.97 Å². The van der Waals surface area contributed by atoms with Crippen LogP contribution in [0, 0.1) is 0 Å². The number of ether oxygens (including phenoxy) is 1. The molecule has 20 heteroatoms. The predicted molar refractivity (Wildman–Crippen MR) is 82.4 cm³/mol. The van der Waals surface area contributed by atoms with Crippen LogP contribution in [0.1, 0.15) is 0 Å². The predicted octanol–water partition coefficient (Wildman–Crippen LogP) is 2.71. The van der Waals surface area contributed by atoms with Crippen molar-refractivity contribution in [1.29, 1.82) is 0 Å². The van der Waals surface area contributed by atoms with E-state index in [0.29, 0.717) is 15.3 Å². The molecular formula is C11H14F10N2O6S2. The number of nitrogens with zero attached hydrogens (tertiary/aromatic N) is 2. The van der Waals surface area contributed by atoms with Gasteiger partial charge < -0.3 is 8.86 Å². The van der Waals surface area contributed by atoms with Crippen LogP contribution in [0.2, 0.25) is 0 Å². The molecule has 0 aromatic carbocycles. The molecule has 0 aromatic heterocycles. The van der Waals surface area contributed by atoms with Gasteiger partial charge in [0, 0.05) is 6.08 Å². The third-order valence-electron chi connectivity index (χ3n) is 2.26. The fourth-order valence-electron chi connectivity index (χ4n) is 0.831. The largest absolute Gasteiger partial charge is 0.467 e. The molecule has 0 aliphatic heterocycles. The van der Waals surface area contributed by atoms with E-state index in [2.05, 4.69) is 6.58 Å². The smallest absolute Gasteiger partial charge is 0.425 e. The highest BCUT2D eigenvalue weighted by Crippen LogP contribution is 2.47. The number of sulfonamides is 2. The molecule has 0 unspecified atom stereocenters. The molecule has 0 aliphatic rings. The Balaban J connectivity index is 0. The van der Waals surface area contributed by atoms with Crippen LogP contribution in [0.5, 0.6) is 0 Å². The van der Waals surface area contributed by atoms with Crippen LogP contribution >= 0.6 is 0 Å². The van der Waals surface area contributed by atoms with Crippen molar-refractivity contribution >= 4 is 26.0 Å². The molecule has 0 heterocycles. The number of hydrogen-bond donors (Lipinski definition) is 0. The zero-order chi connectivity index (χ0) is 25.9. The maximum atomic E-state index is 12.3. The number of carbonyl (C=O) groups is 1. The molecule has 31 heavy (non-hydrogen) atoms. The highest BCUT2D eigenvalue weighted by atomic mass is 32.3. The molecule has 0 amide bonds. The minimum atomic E-state index is -7.62. The summed E-state index contributed by atoms with van der Waals surface area (Å²) in [5.41, 5.74) is 0. The van der Waals surface area contributed by atoms with Gasteiger partial charge in [0.05, 0.1) is 21.1 Å². The molecular weight excluding hydrogens is 510 g/mol.